The zero-order valence-corrected chi connectivity index (χ0v) is 5.58. The van der Waals surface area contributed by atoms with Gasteiger partial charge in [0.1, 0.15) is 0 Å². The molecular formula is C6H11NO3. The van der Waals surface area contributed by atoms with Gasteiger partial charge in [-0.3, -0.25) is 4.79 Å². The van der Waals surface area contributed by atoms with Crippen molar-refractivity contribution < 1.29 is 15.0 Å². The molecule has 0 aromatic carbocycles. The maximum absolute atomic E-state index is 10.6. The summed E-state index contributed by atoms with van der Waals surface area (Å²) in [5.41, 5.74) is 4.20. The van der Waals surface area contributed by atoms with E-state index in [9.17, 15) is 4.79 Å². The van der Waals surface area contributed by atoms with Crippen LogP contribution in [-0.4, -0.2) is 29.3 Å². The maximum atomic E-state index is 10.6. The van der Waals surface area contributed by atoms with Crippen LogP contribution in [0.4, 0.5) is 0 Å². The van der Waals surface area contributed by atoms with Crippen LogP contribution in [0.1, 0.15) is 6.42 Å². The minimum atomic E-state index is -0.797. The molecule has 58 valence electrons. The highest BCUT2D eigenvalue weighted by Crippen LogP contribution is 2.51. The minimum Gasteiger partial charge on any atom is -0.396 e. The number of carbonyl (C=O) groups is 1. The predicted molar refractivity (Wildman–Crippen MR) is 33.9 cm³/mol. The van der Waals surface area contributed by atoms with Crippen LogP contribution in [0.2, 0.25) is 0 Å². The molecule has 0 aromatic heterocycles. The van der Waals surface area contributed by atoms with Gasteiger partial charge in [0.15, 0.2) is 0 Å². The van der Waals surface area contributed by atoms with Crippen molar-refractivity contribution in [3.63, 3.8) is 0 Å². The van der Waals surface area contributed by atoms with Gasteiger partial charge in [-0.2, -0.15) is 0 Å². The molecule has 1 aliphatic carbocycles. The second-order valence-electron chi connectivity index (χ2n) is 2.76. The van der Waals surface area contributed by atoms with Gasteiger partial charge in [-0.1, -0.05) is 0 Å². The van der Waals surface area contributed by atoms with Crippen LogP contribution < -0.4 is 5.73 Å². The van der Waals surface area contributed by atoms with Gasteiger partial charge in [0.05, 0.1) is 12.0 Å². The molecule has 0 saturated heterocycles. The Morgan fingerprint density at radius 3 is 2.40 bits per heavy atom. The molecule has 0 radical (unpaired) electrons. The van der Waals surface area contributed by atoms with Crippen LogP contribution in [0.15, 0.2) is 0 Å². The van der Waals surface area contributed by atoms with Crippen molar-refractivity contribution in [1.82, 2.24) is 0 Å². The summed E-state index contributed by atoms with van der Waals surface area (Å²) in [5.74, 6) is -0.621. The number of aliphatic hydroxyl groups excluding tert-OH is 2. The van der Waals surface area contributed by atoms with E-state index in [2.05, 4.69) is 0 Å². The van der Waals surface area contributed by atoms with E-state index >= 15 is 0 Å². The monoisotopic (exact) mass is 145 g/mol. The summed E-state index contributed by atoms with van der Waals surface area (Å²) in [6.07, 6.45) is 0.523. The predicted octanol–water partition coefficient (Wildman–Crippen LogP) is -1.54. The van der Waals surface area contributed by atoms with Crippen molar-refractivity contribution >= 4 is 5.91 Å². The molecule has 2 atom stereocenters. The van der Waals surface area contributed by atoms with Gasteiger partial charge in [0.2, 0.25) is 5.91 Å². The molecule has 0 bridgehead atoms. The summed E-state index contributed by atoms with van der Waals surface area (Å²) in [6.45, 7) is -0.308. The fourth-order valence-corrected chi connectivity index (χ4v) is 1.19. The lowest BCUT2D eigenvalue weighted by Gasteiger charge is -2.06. The number of rotatable bonds is 3. The summed E-state index contributed by atoms with van der Waals surface area (Å²) in [4.78, 5) is 10.6. The Morgan fingerprint density at radius 1 is 1.70 bits per heavy atom. The van der Waals surface area contributed by atoms with Crippen molar-refractivity contribution in [2.75, 3.05) is 13.2 Å². The number of primary amides is 1. The average Bonchev–Trinajstić information content (AvgIpc) is 2.62. The first-order chi connectivity index (χ1) is 4.67. The third kappa shape index (κ3) is 0.803. The molecule has 1 saturated carbocycles. The van der Waals surface area contributed by atoms with Crippen molar-refractivity contribution in [1.29, 1.82) is 0 Å². The Morgan fingerprint density at radius 2 is 2.30 bits per heavy atom. The van der Waals surface area contributed by atoms with Gasteiger partial charge in [0.25, 0.3) is 0 Å². The number of aliphatic hydroxyl groups is 2. The molecule has 0 heterocycles. The van der Waals surface area contributed by atoms with Crippen LogP contribution in [0.25, 0.3) is 0 Å². The summed E-state index contributed by atoms with van der Waals surface area (Å²) >= 11 is 0. The quantitative estimate of drug-likeness (QED) is 0.450. The zero-order valence-electron chi connectivity index (χ0n) is 5.58. The second kappa shape index (κ2) is 2.21. The zero-order chi connectivity index (χ0) is 7.78. The molecule has 0 aliphatic heterocycles. The minimum absolute atomic E-state index is 0.0660. The van der Waals surface area contributed by atoms with Gasteiger partial charge in [0, 0.05) is 6.61 Å². The Bertz CT molecular complexity index is 159. The number of hydrogen-bond acceptors (Lipinski definition) is 3. The highest BCUT2D eigenvalue weighted by atomic mass is 16.3. The van der Waals surface area contributed by atoms with Gasteiger partial charge < -0.3 is 15.9 Å². The topological polar surface area (TPSA) is 83.6 Å². The standard InChI is InChI=1S/C6H11NO3/c7-5(10)6(3-9)1-4(6)2-8/h4,8-9H,1-3H2,(H2,7,10)/t4-,6+/m0/s1. The van der Waals surface area contributed by atoms with E-state index in [1.165, 1.54) is 0 Å². The number of hydrogen-bond donors (Lipinski definition) is 3. The van der Waals surface area contributed by atoms with E-state index < -0.39 is 11.3 Å². The fourth-order valence-electron chi connectivity index (χ4n) is 1.19. The molecule has 1 amide bonds. The molecule has 0 unspecified atom stereocenters. The third-order valence-corrected chi connectivity index (χ3v) is 2.23. The smallest absolute Gasteiger partial charge is 0.226 e. The van der Waals surface area contributed by atoms with Crippen LogP contribution in [-0.2, 0) is 4.79 Å². The summed E-state index contributed by atoms with van der Waals surface area (Å²) < 4.78 is 0. The molecule has 0 aromatic rings. The van der Waals surface area contributed by atoms with E-state index in [4.69, 9.17) is 15.9 Å². The Kier molecular flexibility index (Phi) is 1.66. The Balaban J connectivity index is 2.59. The van der Waals surface area contributed by atoms with Gasteiger partial charge in [-0.25, -0.2) is 0 Å². The summed E-state index contributed by atoms with van der Waals surface area (Å²) in [6, 6.07) is 0. The van der Waals surface area contributed by atoms with E-state index in [1.54, 1.807) is 0 Å². The molecule has 1 fully saturated rings. The van der Waals surface area contributed by atoms with E-state index in [0.29, 0.717) is 6.42 Å². The van der Waals surface area contributed by atoms with Crippen molar-refractivity contribution in [3.05, 3.63) is 0 Å². The van der Waals surface area contributed by atoms with Crippen molar-refractivity contribution in [2.24, 2.45) is 17.1 Å². The first-order valence-electron chi connectivity index (χ1n) is 3.19. The molecule has 0 spiro atoms. The highest BCUT2D eigenvalue weighted by molar-refractivity contribution is 5.84. The molecule has 4 N–H and O–H groups in total. The molecule has 10 heavy (non-hydrogen) atoms. The van der Waals surface area contributed by atoms with Crippen LogP contribution in [0.3, 0.4) is 0 Å². The number of amides is 1. The van der Waals surface area contributed by atoms with Crippen LogP contribution >= 0.6 is 0 Å². The highest BCUT2D eigenvalue weighted by Gasteiger charge is 2.58. The fraction of sp³-hybridized carbons (Fsp3) is 0.833. The molecular weight excluding hydrogens is 134 g/mol. The van der Waals surface area contributed by atoms with E-state index in [-0.39, 0.29) is 19.1 Å². The molecule has 1 rings (SSSR count). The third-order valence-electron chi connectivity index (χ3n) is 2.23. The first-order valence-corrected chi connectivity index (χ1v) is 3.19. The van der Waals surface area contributed by atoms with Gasteiger partial charge in [-0.15, -0.1) is 0 Å². The number of nitrogens with two attached hydrogens (primary N) is 1. The van der Waals surface area contributed by atoms with E-state index in [0.717, 1.165) is 0 Å². The normalized spacial score (nSPS) is 37.6. The van der Waals surface area contributed by atoms with Gasteiger partial charge in [-0.05, 0) is 12.3 Å². The summed E-state index contributed by atoms with van der Waals surface area (Å²) in [5, 5.41) is 17.3. The Labute approximate surface area is 58.6 Å². The van der Waals surface area contributed by atoms with Gasteiger partial charge >= 0.3 is 0 Å². The average molecular weight is 145 g/mol. The SMILES string of the molecule is NC(=O)[C@@]1(CO)C[C@H]1CO. The maximum Gasteiger partial charge on any atom is 0.226 e. The second-order valence-corrected chi connectivity index (χ2v) is 2.76. The Hall–Kier alpha value is -0.610. The molecule has 4 nitrogen and oxygen atoms in total. The molecule has 4 heteroatoms. The van der Waals surface area contributed by atoms with E-state index in [1.807, 2.05) is 0 Å². The summed E-state index contributed by atoms with van der Waals surface area (Å²) in [7, 11) is 0. The molecule has 1 aliphatic rings. The van der Waals surface area contributed by atoms with Crippen LogP contribution in [0, 0.1) is 11.3 Å². The first kappa shape index (κ1) is 7.50. The van der Waals surface area contributed by atoms with Crippen molar-refractivity contribution in [3.8, 4) is 0 Å². The van der Waals surface area contributed by atoms with Crippen LogP contribution in [0.5, 0.6) is 0 Å². The largest absolute Gasteiger partial charge is 0.396 e. The lowest BCUT2D eigenvalue weighted by atomic mass is 10.1. The van der Waals surface area contributed by atoms with Crippen molar-refractivity contribution in [2.45, 2.75) is 6.42 Å². The lowest BCUT2D eigenvalue weighted by molar-refractivity contribution is -0.125. The lowest BCUT2D eigenvalue weighted by Crippen LogP contribution is -2.30. The number of carbonyl (C=O) groups excluding carboxylic acids is 1.